The third kappa shape index (κ3) is 3.68. The number of nitrogen functional groups attached to an aromatic ring is 1. The summed E-state index contributed by atoms with van der Waals surface area (Å²) in [5.41, 5.74) is 4.80. The molecule has 0 aliphatic carbocycles. The molecule has 0 aromatic heterocycles. The van der Waals surface area contributed by atoms with Crippen molar-refractivity contribution in [2.75, 3.05) is 18.6 Å². The number of carbonyl (C=O) groups is 1. The number of rotatable bonds is 5. The quantitative estimate of drug-likeness (QED) is 0.557. The number of hydrogen-bond acceptors (Lipinski definition) is 4. The minimum atomic E-state index is -0.102. The van der Waals surface area contributed by atoms with Crippen molar-refractivity contribution in [1.29, 1.82) is 0 Å². The number of nitrogens with one attached hydrogen (secondary N) is 2. The van der Waals surface area contributed by atoms with Crippen LogP contribution in [0.5, 0.6) is 0 Å². The standard InChI is InChI=1S/C14H21N3O2/c1-10-4-5-13(17-15)12(9-10)14(18)16-7-6-11-3-2-8-19-11/h4-5,9,11,17H,2-3,6-8,15H2,1H3,(H,16,18). The minimum absolute atomic E-state index is 0.102. The van der Waals surface area contributed by atoms with E-state index in [0.717, 1.165) is 31.4 Å². The molecule has 104 valence electrons. The third-order valence-electron chi connectivity index (χ3n) is 3.35. The van der Waals surface area contributed by atoms with Crippen LogP contribution in [0.4, 0.5) is 5.69 Å². The summed E-state index contributed by atoms with van der Waals surface area (Å²) in [6.45, 7) is 3.42. The van der Waals surface area contributed by atoms with E-state index in [4.69, 9.17) is 10.6 Å². The van der Waals surface area contributed by atoms with Gasteiger partial charge >= 0.3 is 0 Å². The topological polar surface area (TPSA) is 76.4 Å². The van der Waals surface area contributed by atoms with E-state index >= 15 is 0 Å². The van der Waals surface area contributed by atoms with Gasteiger partial charge in [0.15, 0.2) is 0 Å². The zero-order chi connectivity index (χ0) is 13.7. The molecule has 0 radical (unpaired) electrons. The highest BCUT2D eigenvalue weighted by molar-refractivity contribution is 5.99. The van der Waals surface area contributed by atoms with Gasteiger partial charge in [0.25, 0.3) is 5.91 Å². The fraction of sp³-hybridized carbons (Fsp3) is 0.500. The normalized spacial score (nSPS) is 18.3. The summed E-state index contributed by atoms with van der Waals surface area (Å²) in [7, 11) is 0. The summed E-state index contributed by atoms with van der Waals surface area (Å²) in [6.07, 6.45) is 3.38. The Hall–Kier alpha value is -1.59. The lowest BCUT2D eigenvalue weighted by molar-refractivity contribution is 0.0907. The number of ether oxygens (including phenoxy) is 1. The Morgan fingerprint density at radius 3 is 3.05 bits per heavy atom. The van der Waals surface area contributed by atoms with E-state index in [1.807, 2.05) is 25.1 Å². The minimum Gasteiger partial charge on any atom is -0.378 e. The first-order chi connectivity index (χ1) is 9.20. The number of anilines is 1. The van der Waals surface area contributed by atoms with Crippen molar-refractivity contribution < 1.29 is 9.53 Å². The second kappa shape index (κ2) is 6.54. The van der Waals surface area contributed by atoms with Gasteiger partial charge in [-0.1, -0.05) is 11.6 Å². The van der Waals surface area contributed by atoms with Crippen molar-refractivity contribution in [2.45, 2.75) is 32.3 Å². The molecule has 1 atom stereocenters. The Kier molecular flexibility index (Phi) is 4.76. The third-order valence-corrected chi connectivity index (χ3v) is 3.35. The molecule has 19 heavy (non-hydrogen) atoms. The van der Waals surface area contributed by atoms with Crippen LogP contribution in [0.3, 0.4) is 0 Å². The van der Waals surface area contributed by atoms with Crippen molar-refractivity contribution >= 4 is 11.6 Å². The molecule has 1 unspecified atom stereocenters. The molecule has 2 rings (SSSR count). The zero-order valence-electron chi connectivity index (χ0n) is 11.2. The molecule has 5 heteroatoms. The molecule has 0 bridgehead atoms. The van der Waals surface area contributed by atoms with Gasteiger partial charge in [-0.3, -0.25) is 10.6 Å². The summed E-state index contributed by atoms with van der Waals surface area (Å²) in [5, 5.41) is 2.91. The van der Waals surface area contributed by atoms with Crippen LogP contribution in [-0.2, 0) is 4.74 Å². The maximum atomic E-state index is 12.1. The average molecular weight is 263 g/mol. The number of hydrogen-bond donors (Lipinski definition) is 3. The van der Waals surface area contributed by atoms with Crippen LogP contribution in [0.25, 0.3) is 0 Å². The van der Waals surface area contributed by atoms with E-state index in [9.17, 15) is 4.79 Å². The Bertz CT molecular complexity index is 442. The molecular formula is C14H21N3O2. The molecule has 1 aromatic carbocycles. The highest BCUT2D eigenvalue weighted by atomic mass is 16.5. The molecule has 1 aromatic rings. The van der Waals surface area contributed by atoms with Gasteiger partial charge in [-0.25, -0.2) is 0 Å². The molecular weight excluding hydrogens is 242 g/mol. The molecule has 1 fully saturated rings. The lowest BCUT2D eigenvalue weighted by atomic mass is 10.1. The van der Waals surface area contributed by atoms with E-state index in [1.54, 1.807) is 0 Å². The van der Waals surface area contributed by atoms with Gasteiger partial charge in [0.05, 0.1) is 17.4 Å². The second-order valence-corrected chi connectivity index (χ2v) is 4.87. The number of benzene rings is 1. The Morgan fingerprint density at radius 2 is 2.37 bits per heavy atom. The van der Waals surface area contributed by atoms with Crippen LogP contribution in [0.1, 0.15) is 35.2 Å². The molecule has 5 nitrogen and oxygen atoms in total. The van der Waals surface area contributed by atoms with Crippen LogP contribution in [0.2, 0.25) is 0 Å². The van der Waals surface area contributed by atoms with Crippen molar-refractivity contribution in [1.82, 2.24) is 5.32 Å². The first-order valence-corrected chi connectivity index (χ1v) is 6.68. The van der Waals surface area contributed by atoms with Crippen LogP contribution in [0, 0.1) is 6.92 Å². The van der Waals surface area contributed by atoms with E-state index in [2.05, 4.69) is 10.7 Å². The number of aryl methyl sites for hydroxylation is 1. The van der Waals surface area contributed by atoms with Gasteiger partial charge in [-0.05, 0) is 38.3 Å². The summed E-state index contributed by atoms with van der Waals surface area (Å²) in [5.74, 6) is 5.31. The smallest absolute Gasteiger partial charge is 0.253 e. The predicted molar refractivity (Wildman–Crippen MR) is 74.9 cm³/mol. The Morgan fingerprint density at radius 1 is 1.53 bits per heavy atom. The summed E-state index contributed by atoms with van der Waals surface area (Å²) in [6, 6.07) is 5.55. The van der Waals surface area contributed by atoms with Crippen molar-refractivity contribution in [3.8, 4) is 0 Å². The lowest BCUT2D eigenvalue weighted by Gasteiger charge is -2.12. The fourth-order valence-corrected chi connectivity index (χ4v) is 2.29. The van der Waals surface area contributed by atoms with E-state index in [1.165, 1.54) is 0 Å². The van der Waals surface area contributed by atoms with Crippen molar-refractivity contribution in [2.24, 2.45) is 5.84 Å². The maximum absolute atomic E-state index is 12.1. The summed E-state index contributed by atoms with van der Waals surface area (Å²) < 4.78 is 5.52. The van der Waals surface area contributed by atoms with E-state index in [0.29, 0.717) is 23.9 Å². The summed E-state index contributed by atoms with van der Waals surface area (Å²) >= 11 is 0. The predicted octanol–water partition coefficient (Wildman–Crippen LogP) is 1.58. The highest BCUT2D eigenvalue weighted by Crippen LogP contribution is 2.17. The monoisotopic (exact) mass is 263 g/mol. The number of nitrogens with two attached hydrogens (primary N) is 1. The highest BCUT2D eigenvalue weighted by Gasteiger charge is 2.16. The van der Waals surface area contributed by atoms with E-state index in [-0.39, 0.29) is 5.91 Å². The molecule has 0 spiro atoms. The number of hydrazine groups is 1. The van der Waals surface area contributed by atoms with Crippen LogP contribution in [-0.4, -0.2) is 25.2 Å². The first kappa shape index (κ1) is 13.8. The Balaban J connectivity index is 1.89. The van der Waals surface area contributed by atoms with Gasteiger partial charge in [-0.2, -0.15) is 0 Å². The fourth-order valence-electron chi connectivity index (χ4n) is 2.29. The zero-order valence-corrected chi connectivity index (χ0v) is 11.2. The largest absolute Gasteiger partial charge is 0.378 e. The molecule has 4 N–H and O–H groups in total. The SMILES string of the molecule is Cc1ccc(NN)c(C(=O)NCCC2CCCO2)c1. The lowest BCUT2D eigenvalue weighted by Crippen LogP contribution is -2.28. The number of amides is 1. The molecule has 1 aliphatic rings. The van der Waals surface area contributed by atoms with Gasteiger partial charge in [0, 0.05) is 13.2 Å². The maximum Gasteiger partial charge on any atom is 0.253 e. The molecule has 1 heterocycles. The van der Waals surface area contributed by atoms with Gasteiger partial charge in [0.2, 0.25) is 0 Å². The van der Waals surface area contributed by atoms with Crippen LogP contribution in [0.15, 0.2) is 18.2 Å². The molecule has 0 saturated carbocycles. The summed E-state index contributed by atoms with van der Waals surface area (Å²) in [4.78, 5) is 12.1. The molecule has 1 saturated heterocycles. The molecule has 1 aliphatic heterocycles. The van der Waals surface area contributed by atoms with Crippen molar-refractivity contribution in [3.05, 3.63) is 29.3 Å². The number of carbonyl (C=O) groups excluding carboxylic acids is 1. The second-order valence-electron chi connectivity index (χ2n) is 4.87. The van der Waals surface area contributed by atoms with E-state index < -0.39 is 0 Å². The van der Waals surface area contributed by atoms with Gasteiger partial charge < -0.3 is 15.5 Å². The average Bonchev–Trinajstić information content (AvgIpc) is 2.91. The molecule has 1 amide bonds. The first-order valence-electron chi connectivity index (χ1n) is 6.68. The van der Waals surface area contributed by atoms with Crippen LogP contribution < -0.4 is 16.6 Å². The van der Waals surface area contributed by atoms with Crippen molar-refractivity contribution in [3.63, 3.8) is 0 Å². The van der Waals surface area contributed by atoms with Gasteiger partial charge in [-0.15, -0.1) is 0 Å². The van der Waals surface area contributed by atoms with Gasteiger partial charge in [0.1, 0.15) is 0 Å². The van der Waals surface area contributed by atoms with Crippen LogP contribution >= 0.6 is 0 Å². The Labute approximate surface area is 113 Å².